The van der Waals surface area contributed by atoms with Crippen molar-refractivity contribution in [3.63, 3.8) is 0 Å². The van der Waals surface area contributed by atoms with E-state index in [0.29, 0.717) is 11.1 Å². The molecule has 0 unspecified atom stereocenters. The highest BCUT2D eigenvalue weighted by molar-refractivity contribution is 6.11. The summed E-state index contributed by atoms with van der Waals surface area (Å²) >= 11 is 0. The topological polar surface area (TPSA) is 48.9 Å². The molecule has 0 bridgehead atoms. The number of unbranched alkanes of at least 4 members (excludes halogenated alkanes) is 33. The van der Waals surface area contributed by atoms with E-state index in [0.717, 1.165) is 95.3 Å². The van der Waals surface area contributed by atoms with E-state index in [4.69, 9.17) is 0 Å². The minimum absolute atomic E-state index is 0.704. The second-order valence-corrected chi connectivity index (χ2v) is 26.3. The van der Waals surface area contributed by atoms with Crippen LogP contribution >= 0.6 is 0 Å². The van der Waals surface area contributed by atoms with Gasteiger partial charge in [-0.15, -0.1) is 0 Å². The van der Waals surface area contributed by atoms with Crippen molar-refractivity contribution in [2.45, 2.75) is 272 Å². The van der Waals surface area contributed by atoms with Gasteiger partial charge in [0.05, 0.1) is 0 Å². The third kappa shape index (κ3) is 19.1. The van der Waals surface area contributed by atoms with Crippen molar-refractivity contribution in [2.75, 3.05) is 0 Å². The molecule has 5 nitrogen and oxygen atoms in total. The Bertz CT molecular complexity index is 3570. The minimum atomic E-state index is 0.704. The van der Waals surface area contributed by atoms with Crippen molar-refractivity contribution >= 4 is 78.0 Å². The van der Waals surface area contributed by atoms with Crippen LogP contribution in [0, 0.1) is 23.7 Å². The third-order valence-corrected chi connectivity index (χ3v) is 19.3. The van der Waals surface area contributed by atoms with Gasteiger partial charge in [0.15, 0.2) is 0 Å². The molecule has 0 aliphatic heterocycles. The maximum absolute atomic E-state index is 12.1. The number of nitrogens with zero attached hydrogens (tertiary/aromatic N) is 3. The van der Waals surface area contributed by atoms with E-state index >= 15 is 0 Å². The standard InChI is InChI=1S/C84H107N3O2/c1-4-7-10-13-16-19-22-25-28-31-34-37-56-85-79-50-44-67(40-42-69-46-52-81-75(61-69)77-63-71(65-88)48-54-83(77)86(81)57-38-35-32-29-26-23-20-17-14-11-8-5-2)59-73(79)74-60-68(45-51-80(74)85)41-43-70-47-53-82-76(62-70)78-64-72(66-89)49-55-84(78)87(82)58-39-36-33-30-27-24-21-18-15-12-9-6-3/h44-55,59-66H,4-39,56-58H2,1-3H3. The van der Waals surface area contributed by atoms with Crippen molar-refractivity contribution in [2.24, 2.45) is 0 Å². The fourth-order valence-electron chi connectivity index (χ4n) is 14.1. The van der Waals surface area contributed by atoms with Crippen molar-refractivity contribution in [1.29, 1.82) is 0 Å². The lowest BCUT2D eigenvalue weighted by atomic mass is 10.1. The summed E-state index contributed by atoms with van der Waals surface area (Å²) in [7, 11) is 0. The molecule has 0 aliphatic rings. The molecule has 89 heavy (non-hydrogen) atoms. The molecule has 5 heteroatoms. The lowest BCUT2D eigenvalue weighted by Crippen LogP contribution is -1.98. The average molecular weight is 1190 g/mol. The van der Waals surface area contributed by atoms with Crippen molar-refractivity contribution in [1.82, 2.24) is 13.7 Å². The maximum atomic E-state index is 12.1. The predicted octanol–water partition coefficient (Wildman–Crippen LogP) is 24.5. The molecule has 0 atom stereocenters. The van der Waals surface area contributed by atoms with Gasteiger partial charge >= 0.3 is 0 Å². The number of aldehydes is 2. The molecule has 6 aromatic carbocycles. The Morgan fingerprint density at radius 2 is 0.438 bits per heavy atom. The van der Waals surface area contributed by atoms with E-state index in [-0.39, 0.29) is 0 Å². The lowest BCUT2D eigenvalue weighted by molar-refractivity contribution is 0.111. The Morgan fingerprint density at radius 3 is 0.652 bits per heavy atom. The summed E-state index contributed by atoms with van der Waals surface area (Å²) in [5.41, 5.74) is 12.6. The second kappa shape index (κ2) is 36.7. The first-order valence-electron chi connectivity index (χ1n) is 36.1. The minimum Gasteiger partial charge on any atom is -0.340 e. The molecule has 9 rings (SSSR count). The Hall–Kier alpha value is -6.82. The van der Waals surface area contributed by atoms with Crippen LogP contribution in [-0.2, 0) is 19.6 Å². The van der Waals surface area contributed by atoms with Gasteiger partial charge in [-0.2, -0.15) is 0 Å². The van der Waals surface area contributed by atoms with Crippen LogP contribution in [-0.4, -0.2) is 26.3 Å². The van der Waals surface area contributed by atoms with E-state index < -0.39 is 0 Å². The lowest BCUT2D eigenvalue weighted by Gasteiger charge is -2.08. The first-order chi connectivity index (χ1) is 44.0. The van der Waals surface area contributed by atoms with Gasteiger partial charge in [-0.25, -0.2) is 0 Å². The summed E-state index contributed by atoms with van der Waals surface area (Å²) in [5, 5.41) is 6.97. The average Bonchev–Trinajstić information content (AvgIpc) is 1.72. The third-order valence-electron chi connectivity index (χ3n) is 19.3. The van der Waals surface area contributed by atoms with Gasteiger partial charge in [0.25, 0.3) is 0 Å². The molecule has 3 aromatic heterocycles. The Labute approximate surface area is 536 Å². The normalized spacial score (nSPS) is 11.6. The molecule has 0 N–H and O–H groups in total. The number of hydrogen-bond donors (Lipinski definition) is 0. The van der Waals surface area contributed by atoms with Gasteiger partial charge in [0.1, 0.15) is 12.6 Å². The highest BCUT2D eigenvalue weighted by atomic mass is 16.1. The Kier molecular flexibility index (Phi) is 27.5. The molecular weight excluding hydrogens is 1080 g/mol. The molecule has 0 saturated heterocycles. The van der Waals surface area contributed by atoms with Crippen molar-refractivity contribution in [3.05, 3.63) is 143 Å². The number of rotatable bonds is 41. The maximum Gasteiger partial charge on any atom is 0.150 e. The Balaban J connectivity index is 0.920. The van der Waals surface area contributed by atoms with E-state index in [1.165, 1.54) is 256 Å². The van der Waals surface area contributed by atoms with Gasteiger partial charge in [-0.05, 0) is 128 Å². The summed E-state index contributed by atoms with van der Waals surface area (Å²) in [6.45, 7) is 9.79. The molecule has 0 aliphatic carbocycles. The summed E-state index contributed by atoms with van der Waals surface area (Å²) < 4.78 is 7.48. The first-order valence-corrected chi connectivity index (χ1v) is 36.1. The molecule has 3 heterocycles. The molecule has 0 spiro atoms. The van der Waals surface area contributed by atoms with Crippen LogP contribution in [0.5, 0.6) is 0 Å². The summed E-state index contributed by atoms with van der Waals surface area (Å²) in [6.07, 6.45) is 50.0. The number of fused-ring (bicyclic) bond motifs is 9. The van der Waals surface area contributed by atoms with Gasteiger partial charge in [0, 0.05) is 118 Å². The van der Waals surface area contributed by atoms with E-state index in [1.807, 2.05) is 12.1 Å². The molecule has 0 fully saturated rings. The molecule has 470 valence electrons. The van der Waals surface area contributed by atoms with Gasteiger partial charge in [-0.3, -0.25) is 9.59 Å². The zero-order valence-electron chi connectivity index (χ0n) is 55.3. The second-order valence-electron chi connectivity index (χ2n) is 26.3. The fourth-order valence-corrected chi connectivity index (χ4v) is 14.1. The molecule has 9 aromatic rings. The number of carbonyl (C=O) groups excluding carboxylic acids is 2. The molecule has 0 saturated carbocycles. The Morgan fingerprint density at radius 1 is 0.247 bits per heavy atom. The smallest absolute Gasteiger partial charge is 0.150 e. The van der Waals surface area contributed by atoms with E-state index in [1.54, 1.807) is 0 Å². The highest BCUT2D eigenvalue weighted by Crippen LogP contribution is 2.35. The number of benzene rings is 6. The molecule has 0 radical (unpaired) electrons. The number of hydrogen-bond acceptors (Lipinski definition) is 2. The largest absolute Gasteiger partial charge is 0.340 e. The highest BCUT2D eigenvalue weighted by Gasteiger charge is 2.16. The van der Waals surface area contributed by atoms with Crippen molar-refractivity contribution < 1.29 is 9.59 Å². The zero-order valence-corrected chi connectivity index (χ0v) is 55.3. The van der Waals surface area contributed by atoms with Gasteiger partial charge in [0.2, 0.25) is 0 Å². The number of aryl methyl sites for hydroxylation is 3. The monoisotopic (exact) mass is 1190 g/mol. The zero-order chi connectivity index (χ0) is 61.7. The number of aromatic nitrogens is 3. The van der Waals surface area contributed by atoms with E-state index in [2.05, 4.69) is 155 Å². The summed E-state index contributed by atoms with van der Waals surface area (Å²) in [5.74, 6) is 14.4. The van der Waals surface area contributed by atoms with E-state index in [9.17, 15) is 9.59 Å². The van der Waals surface area contributed by atoms with Crippen LogP contribution in [0.25, 0.3) is 65.4 Å². The molecule has 0 amide bonds. The SMILES string of the molecule is CCCCCCCCCCCCCCn1c2ccc(C#Cc3ccc4c(c3)c3cc(C=O)ccc3n4CCCCCCCCCCCCCC)cc2c2cc(C#Cc3ccc4c(c3)c3cc(C=O)ccc3n4CCCCCCCCCCCCCC)ccc21. The van der Waals surface area contributed by atoms with Crippen LogP contribution in [0.3, 0.4) is 0 Å². The number of carbonyl (C=O) groups is 2. The summed E-state index contributed by atoms with van der Waals surface area (Å²) in [6, 6.07) is 39.2. The van der Waals surface area contributed by atoms with Crippen LogP contribution in [0.15, 0.2) is 109 Å². The van der Waals surface area contributed by atoms with Crippen molar-refractivity contribution in [3.8, 4) is 23.7 Å². The first kappa shape index (κ1) is 66.6. The van der Waals surface area contributed by atoms with Crippen LogP contribution in [0.4, 0.5) is 0 Å². The van der Waals surface area contributed by atoms with Crippen LogP contribution < -0.4 is 0 Å². The van der Waals surface area contributed by atoms with Crippen LogP contribution in [0.1, 0.15) is 295 Å². The quantitative estimate of drug-likeness (QED) is 0.0218. The predicted molar refractivity (Wildman–Crippen MR) is 384 cm³/mol. The van der Waals surface area contributed by atoms with Gasteiger partial charge in [-0.1, -0.05) is 256 Å². The molecular formula is C84H107N3O2. The van der Waals surface area contributed by atoms with Gasteiger partial charge < -0.3 is 13.7 Å². The van der Waals surface area contributed by atoms with Crippen LogP contribution in [0.2, 0.25) is 0 Å². The summed E-state index contributed by atoms with van der Waals surface area (Å²) in [4.78, 5) is 24.2. The fraction of sp³-hybridized carbons (Fsp3) is 0.500.